The Morgan fingerprint density at radius 1 is 0.870 bits per heavy atom. The second kappa shape index (κ2) is 5.09. The van der Waals surface area contributed by atoms with Gasteiger partial charge in [-0.05, 0) is 97.6 Å². The molecule has 0 spiro atoms. The highest BCUT2D eigenvalue weighted by molar-refractivity contribution is 5.62. The number of hydrogen-bond acceptors (Lipinski definition) is 2. The van der Waals surface area contributed by atoms with Crippen LogP contribution in [-0.4, -0.2) is 10.1 Å². The van der Waals surface area contributed by atoms with E-state index in [1.54, 1.807) is 0 Å². The maximum Gasteiger partial charge on any atom is 0.119 e. The van der Waals surface area contributed by atoms with Gasteiger partial charge >= 0.3 is 0 Å². The van der Waals surface area contributed by atoms with Crippen LogP contribution in [0.25, 0.3) is 11.3 Å². The van der Waals surface area contributed by atoms with Gasteiger partial charge in [-0.25, -0.2) is 0 Å². The first-order valence-corrected chi connectivity index (χ1v) is 9.02. The number of aromatic hydroxyl groups is 1. The Bertz CT molecular complexity index is 696. The molecule has 0 amide bonds. The fourth-order valence-electron chi connectivity index (χ4n) is 5.95. The predicted octanol–water partition coefficient (Wildman–Crippen LogP) is 4.99. The first-order valence-electron chi connectivity index (χ1n) is 9.02. The van der Waals surface area contributed by atoms with Crippen molar-refractivity contribution < 1.29 is 5.11 Å². The summed E-state index contributed by atoms with van der Waals surface area (Å²) >= 11 is 0. The van der Waals surface area contributed by atoms with Gasteiger partial charge < -0.3 is 5.11 Å². The lowest BCUT2D eigenvalue weighted by Gasteiger charge is -2.54. The van der Waals surface area contributed by atoms with Gasteiger partial charge in [-0.3, -0.25) is 4.98 Å². The summed E-state index contributed by atoms with van der Waals surface area (Å²) in [6.07, 6.45) is 8.83. The zero-order chi connectivity index (χ0) is 15.4. The van der Waals surface area contributed by atoms with Gasteiger partial charge in [0, 0.05) is 11.8 Å². The number of phenolic OH excluding ortho intramolecular Hbond substituents is 1. The Balaban J connectivity index is 1.55. The molecule has 118 valence electrons. The summed E-state index contributed by atoms with van der Waals surface area (Å²) in [6.45, 7) is 0. The highest BCUT2D eigenvalue weighted by atomic mass is 16.3. The molecule has 2 nitrogen and oxygen atoms in total. The molecule has 0 aliphatic heterocycles. The monoisotopic (exact) mass is 305 g/mol. The summed E-state index contributed by atoms with van der Waals surface area (Å²) in [5.74, 6) is 4.56. The summed E-state index contributed by atoms with van der Waals surface area (Å²) in [6, 6.07) is 12.1. The van der Waals surface area contributed by atoms with E-state index in [1.807, 2.05) is 36.5 Å². The molecule has 4 aliphatic rings. The topological polar surface area (TPSA) is 33.1 Å². The van der Waals surface area contributed by atoms with Gasteiger partial charge in [0.25, 0.3) is 0 Å². The number of pyridine rings is 1. The average molecular weight is 305 g/mol. The third-order valence-corrected chi connectivity index (χ3v) is 6.57. The highest BCUT2D eigenvalue weighted by Gasteiger charge is 2.49. The van der Waals surface area contributed by atoms with Crippen molar-refractivity contribution in [1.82, 2.24) is 4.98 Å². The van der Waals surface area contributed by atoms with E-state index in [0.29, 0.717) is 11.7 Å². The summed E-state index contributed by atoms with van der Waals surface area (Å²) in [5, 5.41) is 10.5. The molecule has 2 aromatic rings. The second-order valence-corrected chi connectivity index (χ2v) is 7.95. The molecule has 0 atom stereocenters. The molecule has 1 aromatic carbocycles. The van der Waals surface area contributed by atoms with Gasteiger partial charge in [-0.1, -0.05) is 6.07 Å². The minimum Gasteiger partial charge on any atom is -0.508 e. The molecule has 0 saturated heterocycles. The van der Waals surface area contributed by atoms with Crippen LogP contribution >= 0.6 is 0 Å². The van der Waals surface area contributed by atoms with Crippen LogP contribution in [-0.2, 0) is 0 Å². The van der Waals surface area contributed by atoms with Gasteiger partial charge in [-0.2, -0.15) is 0 Å². The third-order valence-electron chi connectivity index (χ3n) is 6.57. The minimum atomic E-state index is 0.488. The first-order chi connectivity index (χ1) is 11.3. The minimum absolute atomic E-state index is 0.488. The zero-order valence-corrected chi connectivity index (χ0v) is 13.4. The van der Waals surface area contributed by atoms with Crippen molar-refractivity contribution >= 4 is 0 Å². The van der Waals surface area contributed by atoms with Crippen molar-refractivity contribution in [1.29, 1.82) is 0 Å². The fraction of sp³-hybridized carbons (Fsp3) is 0.476. The van der Waals surface area contributed by atoms with E-state index in [9.17, 15) is 5.11 Å². The van der Waals surface area contributed by atoms with Crippen molar-refractivity contribution in [3.63, 3.8) is 0 Å². The Morgan fingerprint density at radius 2 is 1.61 bits per heavy atom. The van der Waals surface area contributed by atoms with E-state index < -0.39 is 0 Å². The lowest BCUT2D eigenvalue weighted by molar-refractivity contribution is -0.00345. The maximum absolute atomic E-state index is 10.5. The standard InChI is InChI=1S/C21H23NO/c23-20-5-4-15(19-3-1-2-6-22-19)12-18(20)21-16-8-13-7-14(10-16)11-17(21)9-13/h1-6,12-14,16-17,21,23H,7-11H2. The Kier molecular flexibility index (Phi) is 3.01. The van der Waals surface area contributed by atoms with Crippen molar-refractivity contribution in [2.45, 2.75) is 38.0 Å². The highest BCUT2D eigenvalue weighted by Crippen LogP contribution is 2.60. The number of nitrogens with zero attached hydrogens (tertiary/aromatic N) is 1. The van der Waals surface area contributed by atoms with Crippen LogP contribution in [0.15, 0.2) is 42.6 Å². The van der Waals surface area contributed by atoms with Gasteiger partial charge in [0.1, 0.15) is 5.75 Å². The van der Waals surface area contributed by atoms with Crippen LogP contribution in [0.1, 0.15) is 43.6 Å². The number of benzene rings is 1. The number of hydrogen-bond donors (Lipinski definition) is 1. The lowest BCUT2D eigenvalue weighted by atomic mass is 9.50. The quantitative estimate of drug-likeness (QED) is 0.847. The molecule has 1 aromatic heterocycles. The molecule has 23 heavy (non-hydrogen) atoms. The first kappa shape index (κ1) is 13.6. The lowest BCUT2D eigenvalue weighted by Crippen LogP contribution is -2.43. The molecule has 6 rings (SSSR count). The number of rotatable bonds is 2. The molecular weight excluding hydrogens is 282 g/mol. The molecule has 4 aliphatic carbocycles. The van der Waals surface area contributed by atoms with Crippen LogP contribution in [0, 0.1) is 23.7 Å². The van der Waals surface area contributed by atoms with Crippen LogP contribution in [0.3, 0.4) is 0 Å². The smallest absolute Gasteiger partial charge is 0.119 e. The van der Waals surface area contributed by atoms with Gasteiger partial charge in [0.05, 0.1) is 5.69 Å². The van der Waals surface area contributed by atoms with E-state index >= 15 is 0 Å². The molecule has 0 unspecified atom stereocenters. The van der Waals surface area contributed by atoms with Crippen LogP contribution < -0.4 is 0 Å². The molecule has 0 radical (unpaired) electrons. The normalized spacial score (nSPS) is 34.7. The largest absolute Gasteiger partial charge is 0.508 e. The molecule has 1 N–H and O–H groups in total. The predicted molar refractivity (Wildman–Crippen MR) is 91.1 cm³/mol. The van der Waals surface area contributed by atoms with Crippen molar-refractivity contribution in [3.8, 4) is 17.0 Å². The average Bonchev–Trinajstić information content (AvgIpc) is 2.56. The fourth-order valence-corrected chi connectivity index (χ4v) is 5.95. The maximum atomic E-state index is 10.5. The number of aromatic nitrogens is 1. The number of phenols is 1. The third kappa shape index (κ3) is 2.19. The summed E-state index contributed by atoms with van der Waals surface area (Å²) in [7, 11) is 0. The summed E-state index contributed by atoms with van der Waals surface area (Å²) in [4.78, 5) is 4.47. The second-order valence-electron chi connectivity index (χ2n) is 7.95. The Morgan fingerprint density at radius 3 is 2.26 bits per heavy atom. The molecule has 2 heteroatoms. The van der Waals surface area contributed by atoms with Crippen molar-refractivity contribution in [3.05, 3.63) is 48.2 Å². The Hall–Kier alpha value is -1.83. The molecular formula is C21H23NO. The molecule has 4 fully saturated rings. The summed E-state index contributed by atoms with van der Waals surface area (Å²) < 4.78 is 0. The van der Waals surface area contributed by atoms with E-state index in [4.69, 9.17) is 0 Å². The van der Waals surface area contributed by atoms with Crippen LogP contribution in [0.2, 0.25) is 0 Å². The van der Waals surface area contributed by atoms with Crippen molar-refractivity contribution in [2.75, 3.05) is 0 Å². The van der Waals surface area contributed by atoms with E-state index in [2.05, 4.69) is 11.1 Å². The zero-order valence-electron chi connectivity index (χ0n) is 13.4. The van der Waals surface area contributed by atoms with Gasteiger partial charge in [0.15, 0.2) is 0 Å². The summed E-state index contributed by atoms with van der Waals surface area (Å²) in [5.41, 5.74) is 3.31. The van der Waals surface area contributed by atoms with E-state index in [1.165, 1.54) is 37.7 Å². The molecule has 4 saturated carbocycles. The SMILES string of the molecule is Oc1ccc(-c2ccccn2)cc1C1C2CC3CC(C2)CC1C3. The van der Waals surface area contributed by atoms with Crippen LogP contribution in [0.4, 0.5) is 0 Å². The van der Waals surface area contributed by atoms with Crippen LogP contribution in [0.5, 0.6) is 5.75 Å². The van der Waals surface area contributed by atoms with E-state index in [0.717, 1.165) is 34.9 Å². The van der Waals surface area contributed by atoms with E-state index in [-0.39, 0.29) is 0 Å². The van der Waals surface area contributed by atoms with Crippen molar-refractivity contribution in [2.24, 2.45) is 23.7 Å². The van der Waals surface area contributed by atoms with Gasteiger partial charge in [-0.15, -0.1) is 0 Å². The van der Waals surface area contributed by atoms with Gasteiger partial charge in [0.2, 0.25) is 0 Å². The molecule has 1 heterocycles. The molecule has 4 bridgehead atoms. The Labute approximate surface area is 137 Å².